The number of aryl methyl sites for hydroxylation is 1. The van der Waals surface area contributed by atoms with Crippen molar-refractivity contribution in [2.75, 3.05) is 20.6 Å². The highest BCUT2D eigenvalue weighted by Gasteiger charge is 2.56. The van der Waals surface area contributed by atoms with Crippen molar-refractivity contribution >= 4 is 28.5 Å². The second kappa shape index (κ2) is 7.84. The Balaban J connectivity index is 1.93. The molecule has 0 fully saturated rings. The Morgan fingerprint density at radius 3 is 1.75 bits per heavy atom. The van der Waals surface area contributed by atoms with Gasteiger partial charge in [0, 0.05) is 38.4 Å². The van der Waals surface area contributed by atoms with Gasteiger partial charge in [-0.25, -0.2) is 0 Å². The molecule has 0 N–H and O–H groups in total. The summed E-state index contributed by atoms with van der Waals surface area (Å²) in [6.45, 7) is 2.99. The molecule has 0 saturated heterocycles. The molecule has 158 valence electrons. The molecular formula is C27H27BN4. The van der Waals surface area contributed by atoms with E-state index in [2.05, 4.69) is 81.7 Å². The van der Waals surface area contributed by atoms with Gasteiger partial charge in [0.25, 0.3) is 0 Å². The van der Waals surface area contributed by atoms with E-state index < -0.39 is 6.28 Å². The van der Waals surface area contributed by atoms with Crippen LogP contribution in [0.1, 0.15) is 16.8 Å². The maximum Gasteiger partial charge on any atom is 0.327 e. The van der Waals surface area contributed by atoms with Crippen LogP contribution in [0.15, 0.2) is 97.5 Å². The molecule has 5 heteroatoms. The topological polar surface area (TPSA) is 38.7 Å². The second-order valence-electron chi connectivity index (χ2n) is 9.24. The first kappa shape index (κ1) is 20.3. The van der Waals surface area contributed by atoms with Crippen molar-refractivity contribution in [3.8, 4) is 0 Å². The van der Waals surface area contributed by atoms with Gasteiger partial charge in [0.2, 0.25) is 0 Å². The van der Waals surface area contributed by atoms with E-state index in [1.54, 1.807) is 0 Å². The van der Waals surface area contributed by atoms with E-state index in [9.17, 15) is 0 Å². The summed E-state index contributed by atoms with van der Waals surface area (Å²) < 4.78 is 0.725. The second-order valence-corrected chi connectivity index (χ2v) is 9.24. The first-order chi connectivity index (χ1) is 15.5. The van der Waals surface area contributed by atoms with Gasteiger partial charge in [0.05, 0.1) is 6.54 Å². The van der Waals surface area contributed by atoms with Crippen molar-refractivity contribution in [1.29, 1.82) is 0 Å². The number of aromatic nitrogens is 3. The van der Waals surface area contributed by atoms with E-state index in [-0.39, 0.29) is 0 Å². The van der Waals surface area contributed by atoms with E-state index in [0.29, 0.717) is 0 Å². The lowest BCUT2D eigenvalue weighted by molar-refractivity contribution is -0.775. The van der Waals surface area contributed by atoms with E-state index in [0.717, 1.165) is 27.8 Å². The third-order valence-electron chi connectivity index (χ3n) is 6.93. The smallest absolute Gasteiger partial charge is 0.327 e. The molecule has 0 atom stereocenters. The number of pyridine rings is 3. The van der Waals surface area contributed by atoms with Gasteiger partial charge < -0.3 is 4.39 Å². The number of hydrogen-bond acceptors (Lipinski definition) is 3. The van der Waals surface area contributed by atoms with Crippen molar-refractivity contribution < 1.29 is 4.39 Å². The predicted octanol–water partition coefficient (Wildman–Crippen LogP) is 3.48. The molecule has 4 heterocycles. The van der Waals surface area contributed by atoms with Gasteiger partial charge in [-0.2, -0.15) is 0 Å². The summed E-state index contributed by atoms with van der Waals surface area (Å²) in [6.07, 6.45) is 4.11. The summed E-state index contributed by atoms with van der Waals surface area (Å²) in [6, 6.07) is 27.4. The van der Waals surface area contributed by atoms with Gasteiger partial charge in [-0.05, 0) is 53.5 Å². The molecule has 0 unspecified atom stereocenters. The van der Waals surface area contributed by atoms with Gasteiger partial charge in [-0.3, -0.25) is 15.0 Å². The van der Waals surface area contributed by atoms with E-state index in [1.165, 1.54) is 22.2 Å². The van der Waals surface area contributed by atoms with Crippen LogP contribution in [0.4, 0.5) is 0 Å². The number of likely N-dealkylation sites (N-methyl/N-ethyl adjacent to an activating group) is 1. The van der Waals surface area contributed by atoms with Gasteiger partial charge in [0.15, 0.2) is 0 Å². The van der Waals surface area contributed by atoms with Gasteiger partial charge >= 0.3 is 6.28 Å². The third kappa shape index (κ3) is 3.09. The third-order valence-corrected chi connectivity index (χ3v) is 6.93. The number of quaternary nitrogens is 1. The Bertz CT molecular complexity index is 1210. The van der Waals surface area contributed by atoms with Crippen LogP contribution in [-0.2, 0) is 0 Å². The molecule has 5 rings (SSSR count). The van der Waals surface area contributed by atoms with Crippen LogP contribution in [0.25, 0.3) is 11.0 Å². The number of benzene rings is 1. The Morgan fingerprint density at radius 1 is 0.688 bits per heavy atom. The highest BCUT2D eigenvalue weighted by atomic mass is 15.3. The van der Waals surface area contributed by atoms with E-state index in [1.807, 2.05) is 36.8 Å². The van der Waals surface area contributed by atoms with E-state index >= 15 is 0 Å². The molecule has 0 amide bonds. The first-order valence-corrected chi connectivity index (χ1v) is 11.1. The van der Waals surface area contributed by atoms with Crippen LogP contribution in [0.3, 0.4) is 0 Å². The van der Waals surface area contributed by atoms with Crippen LogP contribution >= 0.6 is 0 Å². The molecule has 3 aromatic heterocycles. The lowest BCUT2D eigenvalue weighted by Crippen LogP contribution is -2.76. The SMILES string of the molecule is Cc1ccc(C2=C(c3ccccn3)[B-](c3ccccn3)(c3ccccn3)[N+](C)(C)C2)cc1. The molecule has 4 nitrogen and oxygen atoms in total. The van der Waals surface area contributed by atoms with Crippen LogP contribution in [0, 0.1) is 6.92 Å². The molecular weight excluding hydrogens is 391 g/mol. The van der Waals surface area contributed by atoms with Crippen molar-refractivity contribution in [2.24, 2.45) is 0 Å². The maximum atomic E-state index is 4.93. The highest BCUT2D eigenvalue weighted by Crippen LogP contribution is 2.43. The zero-order chi connectivity index (χ0) is 22.2. The fourth-order valence-corrected chi connectivity index (χ4v) is 5.53. The van der Waals surface area contributed by atoms with Crippen LogP contribution in [0.5, 0.6) is 0 Å². The van der Waals surface area contributed by atoms with Gasteiger partial charge in [-0.1, -0.05) is 65.6 Å². The number of nitrogens with zero attached hydrogens (tertiary/aromatic N) is 4. The Morgan fingerprint density at radius 2 is 1.25 bits per heavy atom. The van der Waals surface area contributed by atoms with Gasteiger partial charge in [-0.15, -0.1) is 0 Å². The fraction of sp³-hybridized carbons (Fsp3) is 0.148. The molecule has 0 bridgehead atoms. The zero-order valence-corrected chi connectivity index (χ0v) is 18.8. The minimum atomic E-state index is -1.55. The molecule has 0 spiro atoms. The lowest BCUT2D eigenvalue weighted by atomic mass is 9.24. The summed E-state index contributed by atoms with van der Waals surface area (Å²) in [7, 11) is 4.60. The predicted molar refractivity (Wildman–Crippen MR) is 133 cm³/mol. The monoisotopic (exact) mass is 418 g/mol. The van der Waals surface area contributed by atoms with Crippen LogP contribution < -0.4 is 11.2 Å². The summed E-state index contributed by atoms with van der Waals surface area (Å²) in [5.74, 6) is 0. The summed E-state index contributed by atoms with van der Waals surface area (Å²) >= 11 is 0. The standard InChI is InChI=1S/C27H27BN4/c1-21-13-15-22(16-14-21)23-20-32(2,3)28(25-11-5-8-18-30-25,26-12-6-9-19-31-26)27(23)24-10-4-7-17-29-24/h4-19H,20H2,1-3H3. The summed E-state index contributed by atoms with van der Waals surface area (Å²) in [5.41, 5.74) is 8.10. The first-order valence-electron chi connectivity index (χ1n) is 11.1. The largest absolute Gasteiger partial charge is 0.503 e. The average Bonchev–Trinajstić information content (AvgIpc) is 3.09. The zero-order valence-electron chi connectivity index (χ0n) is 18.8. The Kier molecular flexibility index (Phi) is 4.99. The van der Waals surface area contributed by atoms with Crippen LogP contribution in [-0.4, -0.2) is 46.3 Å². The maximum absolute atomic E-state index is 4.93. The summed E-state index contributed by atoms with van der Waals surface area (Å²) in [5, 5.41) is 0. The molecule has 1 aromatic carbocycles. The number of hydrogen-bond donors (Lipinski definition) is 0. The van der Waals surface area contributed by atoms with Crippen LogP contribution in [0.2, 0.25) is 0 Å². The molecule has 1 aliphatic heterocycles. The van der Waals surface area contributed by atoms with Gasteiger partial charge in [0.1, 0.15) is 0 Å². The van der Waals surface area contributed by atoms with E-state index in [4.69, 9.17) is 15.0 Å². The molecule has 32 heavy (non-hydrogen) atoms. The van der Waals surface area contributed by atoms with Crippen molar-refractivity contribution in [2.45, 2.75) is 6.92 Å². The lowest BCUT2D eigenvalue weighted by Gasteiger charge is -2.51. The minimum absolute atomic E-state index is 0.725. The molecule has 0 saturated carbocycles. The van der Waals surface area contributed by atoms with Crippen molar-refractivity contribution in [1.82, 2.24) is 15.0 Å². The molecule has 0 aliphatic carbocycles. The van der Waals surface area contributed by atoms with Crippen molar-refractivity contribution in [3.63, 3.8) is 0 Å². The molecule has 0 radical (unpaired) electrons. The molecule has 1 aliphatic rings. The quantitative estimate of drug-likeness (QED) is 0.477. The Labute approximate surface area is 189 Å². The Hall–Kier alpha value is -3.57. The molecule has 4 aromatic rings. The number of rotatable bonds is 4. The average molecular weight is 418 g/mol. The normalized spacial score (nSPS) is 16.8. The highest BCUT2D eigenvalue weighted by molar-refractivity contribution is 7.11. The fourth-order valence-electron chi connectivity index (χ4n) is 5.53. The van der Waals surface area contributed by atoms with Crippen molar-refractivity contribution in [3.05, 3.63) is 114 Å². The summed E-state index contributed by atoms with van der Waals surface area (Å²) in [4.78, 5) is 14.7. The minimum Gasteiger partial charge on any atom is -0.503 e.